The molecular weight excluding hydrogens is 368 g/mol. The number of amides is 2. The number of nitrogens with zero attached hydrogens (tertiary/aromatic N) is 5. The van der Waals surface area contributed by atoms with Crippen LogP contribution in [0.4, 0.5) is 0 Å². The lowest BCUT2D eigenvalue weighted by Crippen LogP contribution is -2.44. The number of hydrogen-bond acceptors (Lipinski definition) is 5. The third-order valence-electron chi connectivity index (χ3n) is 6.08. The summed E-state index contributed by atoms with van der Waals surface area (Å²) in [7, 11) is 1.89. The van der Waals surface area contributed by atoms with Crippen LogP contribution in [-0.2, 0) is 23.1 Å². The fourth-order valence-corrected chi connectivity index (χ4v) is 3.93. The van der Waals surface area contributed by atoms with E-state index in [0.717, 1.165) is 23.4 Å². The standard InChI is InChI=1S/C21H30N6O2/c1-5-6-9-21(24-25-21)10-11-22-20(29)17-7-12-27(13-8-17)19(28)14-18-15(2)23-26(4)16(18)3/h1,17H,6-14H2,2-4H3,(H,22,29). The maximum Gasteiger partial charge on any atom is 0.227 e. The Labute approximate surface area is 172 Å². The Kier molecular flexibility index (Phi) is 6.36. The minimum Gasteiger partial charge on any atom is -0.356 e. The molecule has 1 fully saturated rings. The van der Waals surface area contributed by atoms with Gasteiger partial charge in [-0.05, 0) is 26.7 Å². The molecule has 3 rings (SSSR count). The molecule has 0 spiro atoms. The van der Waals surface area contributed by atoms with Gasteiger partial charge in [0.25, 0.3) is 0 Å². The Morgan fingerprint density at radius 3 is 2.48 bits per heavy atom. The van der Waals surface area contributed by atoms with Crippen molar-refractivity contribution in [2.75, 3.05) is 19.6 Å². The first kappa shape index (κ1) is 21.0. The monoisotopic (exact) mass is 398 g/mol. The zero-order valence-electron chi connectivity index (χ0n) is 17.6. The number of aromatic nitrogens is 2. The molecule has 0 atom stereocenters. The summed E-state index contributed by atoms with van der Waals surface area (Å²) in [4.78, 5) is 27.0. The van der Waals surface area contributed by atoms with Gasteiger partial charge in [-0.2, -0.15) is 15.3 Å². The lowest BCUT2D eigenvalue weighted by atomic mass is 9.95. The number of aryl methyl sites for hydroxylation is 2. The molecule has 0 bridgehead atoms. The Hall–Kier alpha value is -2.69. The number of rotatable bonds is 8. The summed E-state index contributed by atoms with van der Waals surface area (Å²) < 4.78 is 1.81. The van der Waals surface area contributed by atoms with Crippen LogP contribution in [0, 0.1) is 32.1 Å². The van der Waals surface area contributed by atoms with Crippen molar-refractivity contribution in [3.63, 3.8) is 0 Å². The Balaban J connectivity index is 1.40. The molecule has 156 valence electrons. The molecule has 1 aromatic rings. The highest BCUT2D eigenvalue weighted by molar-refractivity contribution is 5.81. The first-order valence-electron chi connectivity index (χ1n) is 10.3. The molecule has 2 aliphatic rings. The van der Waals surface area contributed by atoms with E-state index < -0.39 is 0 Å². The molecule has 3 heterocycles. The van der Waals surface area contributed by atoms with E-state index in [2.05, 4.69) is 26.6 Å². The molecule has 0 aromatic carbocycles. The van der Waals surface area contributed by atoms with Gasteiger partial charge in [0.2, 0.25) is 11.8 Å². The van der Waals surface area contributed by atoms with Crippen LogP contribution in [0.25, 0.3) is 0 Å². The van der Waals surface area contributed by atoms with Gasteiger partial charge in [0.15, 0.2) is 5.66 Å². The summed E-state index contributed by atoms with van der Waals surface area (Å²) in [5, 5.41) is 15.6. The van der Waals surface area contributed by atoms with Crippen molar-refractivity contribution in [3.05, 3.63) is 17.0 Å². The maximum absolute atomic E-state index is 12.7. The average molecular weight is 399 g/mol. The molecule has 1 saturated heterocycles. The molecule has 1 N–H and O–H groups in total. The van der Waals surface area contributed by atoms with Crippen LogP contribution in [0.1, 0.15) is 49.1 Å². The predicted octanol–water partition coefficient (Wildman–Crippen LogP) is 1.90. The van der Waals surface area contributed by atoms with E-state index in [1.165, 1.54) is 0 Å². The van der Waals surface area contributed by atoms with Crippen LogP contribution in [0.15, 0.2) is 10.2 Å². The Morgan fingerprint density at radius 2 is 1.93 bits per heavy atom. The van der Waals surface area contributed by atoms with E-state index >= 15 is 0 Å². The first-order valence-corrected chi connectivity index (χ1v) is 10.3. The molecule has 0 saturated carbocycles. The minimum atomic E-state index is -0.363. The van der Waals surface area contributed by atoms with Crippen molar-refractivity contribution >= 4 is 11.8 Å². The fraction of sp³-hybridized carbons (Fsp3) is 0.667. The van der Waals surface area contributed by atoms with Crippen molar-refractivity contribution in [2.24, 2.45) is 23.2 Å². The highest BCUT2D eigenvalue weighted by Crippen LogP contribution is 2.36. The van der Waals surface area contributed by atoms with E-state index in [1.807, 2.05) is 30.5 Å². The van der Waals surface area contributed by atoms with Gasteiger partial charge in [-0.1, -0.05) is 0 Å². The summed E-state index contributed by atoms with van der Waals surface area (Å²) in [5.41, 5.74) is 2.57. The average Bonchev–Trinajstić information content (AvgIpc) is 3.44. The quantitative estimate of drug-likeness (QED) is 0.678. The second-order valence-electron chi connectivity index (χ2n) is 8.03. The molecule has 2 aliphatic heterocycles. The van der Waals surface area contributed by atoms with Gasteiger partial charge in [0.05, 0.1) is 12.1 Å². The van der Waals surface area contributed by atoms with Gasteiger partial charge < -0.3 is 10.2 Å². The van der Waals surface area contributed by atoms with Crippen molar-refractivity contribution < 1.29 is 9.59 Å². The lowest BCUT2D eigenvalue weighted by Gasteiger charge is -2.31. The smallest absolute Gasteiger partial charge is 0.227 e. The molecule has 0 unspecified atom stereocenters. The molecule has 0 aliphatic carbocycles. The summed E-state index contributed by atoms with van der Waals surface area (Å²) in [6, 6.07) is 0. The van der Waals surface area contributed by atoms with E-state index in [1.54, 1.807) is 0 Å². The number of terminal acetylenes is 1. The summed E-state index contributed by atoms with van der Waals surface area (Å²) >= 11 is 0. The van der Waals surface area contributed by atoms with Gasteiger partial charge in [0.1, 0.15) is 0 Å². The summed E-state index contributed by atoms with van der Waals surface area (Å²) in [5.74, 6) is 2.73. The fourth-order valence-electron chi connectivity index (χ4n) is 3.93. The SMILES string of the molecule is C#CCCC1(CCNC(=O)C2CCN(C(=O)Cc3c(C)nn(C)c3C)CC2)N=N1. The summed E-state index contributed by atoms with van der Waals surface area (Å²) in [6.07, 6.45) is 9.14. The second-order valence-corrected chi connectivity index (χ2v) is 8.03. The van der Waals surface area contributed by atoms with Crippen LogP contribution in [0.2, 0.25) is 0 Å². The van der Waals surface area contributed by atoms with Crippen molar-refractivity contribution in [1.29, 1.82) is 0 Å². The lowest BCUT2D eigenvalue weighted by molar-refractivity contribution is -0.135. The highest BCUT2D eigenvalue weighted by atomic mass is 16.2. The van der Waals surface area contributed by atoms with Gasteiger partial charge >= 0.3 is 0 Å². The molecule has 8 heteroatoms. The third-order valence-corrected chi connectivity index (χ3v) is 6.08. The zero-order valence-corrected chi connectivity index (χ0v) is 17.6. The van der Waals surface area contributed by atoms with Crippen LogP contribution >= 0.6 is 0 Å². The largest absolute Gasteiger partial charge is 0.356 e. The first-order chi connectivity index (χ1) is 13.8. The van der Waals surface area contributed by atoms with Crippen LogP contribution < -0.4 is 5.32 Å². The Bertz CT molecular complexity index is 836. The maximum atomic E-state index is 12.7. The normalized spacial score (nSPS) is 17.8. The number of carbonyl (C=O) groups is 2. The van der Waals surface area contributed by atoms with Crippen LogP contribution in [0.3, 0.4) is 0 Å². The van der Waals surface area contributed by atoms with Crippen LogP contribution in [-0.4, -0.2) is 51.8 Å². The third kappa shape index (κ3) is 5.03. The molecule has 8 nitrogen and oxygen atoms in total. The molecule has 2 amide bonds. The number of hydrogen-bond donors (Lipinski definition) is 1. The molecule has 0 radical (unpaired) electrons. The molecule has 29 heavy (non-hydrogen) atoms. The van der Waals surface area contributed by atoms with Crippen molar-refractivity contribution in [3.8, 4) is 12.3 Å². The van der Waals surface area contributed by atoms with Gasteiger partial charge in [0, 0.05) is 63.1 Å². The summed E-state index contributed by atoms with van der Waals surface area (Å²) in [6.45, 7) is 5.70. The molecular formula is C21H30N6O2. The number of piperidine rings is 1. The molecule has 1 aromatic heterocycles. The van der Waals surface area contributed by atoms with Gasteiger partial charge in [-0.25, -0.2) is 0 Å². The predicted molar refractivity (Wildman–Crippen MR) is 109 cm³/mol. The highest BCUT2D eigenvalue weighted by Gasteiger charge is 2.39. The van der Waals surface area contributed by atoms with E-state index in [4.69, 9.17) is 6.42 Å². The van der Waals surface area contributed by atoms with E-state index in [-0.39, 0.29) is 23.4 Å². The van der Waals surface area contributed by atoms with Crippen LogP contribution in [0.5, 0.6) is 0 Å². The van der Waals surface area contributed by atoms with Gasteiger partial charge in [-0.15, -0.1) is 12.3 Å². The van der Waals surface area contributed by atoms with E-state index in [0.29, 0.717) is 51.7 Å². The number of likely N-dealkylation sites (tertiary alicyclic amines) is 1. The topological polar surface area (TPSA) is 92.0 Å². The number of nitrogens with one attached hydrogen (secondary N) is 1. The Morgan fingerprint density at radius 1 is 1.24 bits per heavy atom. The van der Waals surface area contributed by atoms with Crippen molar-refractivity contribution in [1.82, 2.24) is 20.0 Å². The second kappa shape index (κ2) is 8.76. The van der Waals surface area contributed by atoms with Gasteiger partial charge in [-0.3, -0.25) is 14.3 Å². The van der Waals surface area contributed by atoms with E-state index in [9.17, 15) is 9.59 Å². The minimum absolute atomic E-state index is 0.0457. The van der Waals surface area contributed by atoms with Crippen molar-refractivity contribution in [2.45, 2.75) is 58.0 Å². The number of carbonyl (C=O) groups excluding carboxylic acids is 2. The zero-order chi connectivity index (χ0) is 21.0.